The molecule has 0 amide bonds. The molecule has 0 aliphatic carbocycles. The SMILES string of the molecule is Cc1nn(C)c(C)c1-c1cc(-c2ccc(F)cc2)cc2c(N[C@H](C)c3cnc(C(F)(F)F)nc3)ncnc12. The van der Waals surface area contributed by atoms with Gasteiger partial charge in [-0.05, 0) is 56.2 Å². The Morgan fingerprint density at radius 3 is 2.21 bits per heavy atom. The third-order valence-electron chi connectivity index (χ3n) is 6.47. The Hall–Kier alpha value is -4.41. The molecule has 38 heavy (non-hydrogen) atoms. The van der Waals surface area contributed by atoms with Crippen molar-refractivity contribution in [3.8, 4) is 22.3 Å². The molecule has 11 heteroatoms. The van der Waals surface area contributed by atoms with E-state index in [-0.39, 0.29) is 5.82 Å². The third-order valence-corrected chi connectivity index (χ3v) is 6.47. The van der Waals surface area contributed by atoms with Crippen molar-refractivity contribution in [2.45, 2.75) is 33.0 Å². The van der Waals surface area contributed by atoms with Gasteiger partial charge in [0.1, 0.15) is 18.0 Å². The van der Waals surface area contributed by atoms with Crippen LogP contribution in [-0.2, 0) is 13.2 Å². The number of alkyl halides is 3. The maximum atomic E-state index is 13.7. The summed E-state index contributed by atoms with van der Waals surface area (Å²) in [4.78, 5) is 15.9. The van der Waals surface area contributed by atoms with Crippen LogP contribution in [0.15, 0.2) is 55.1 Å². The highest BCUT2D eigenvalue weighted by atomic mass is 19.4. The molecule has 3 aromatic heterocycles. The van der Waals surface area contributed by atoms with Crippen molar-refractivity contribution in [2.24, 2.45) is 7.05 Å². The van der Waals surface area contributed by atoms with Crippen LogP contribution >= 0.6 is 0 Å². The second-order valence-corrected chi connectivity index (χ2v) is 9.02. The van der Waals surface area contributed by atoms with Crippen LogP contribution in [0.2, 0.25) is 0 Å². The molecular formula is C27H23F4N7. The molecule has 0 aliphatic rings. The van der Waals surface area contributed by atoms with Gasteiger partial charge < -0.3 is 5.32 Å². The van der Waals surface area contributed by atoms with E-state index in [0.717, 1.165) is 46.0 Å². The fraction of sp³-hybridized carbons (Fsp3) is 0.222. The first-order valence-electron chi connectivity index (χ1n) is 11.7. The van der Waals surface area contributed by atoms with E-state index in [0.29, 0.717) is 22.3 Å². The van der Waals surface area contributed by atoms with Crippen molar-refractivity contribution in [1.29, 1.82) is 0 Å². The zero-order valence-electron chi connectivity index (χ0n) is 21.0. The topological polar surface area (TPSA) is 81.4 Å². The highest BCUT2D eigenvalue weighted by Crippen LogP contribution is 2.38. The molecule has 7 nitrogen and oxygen atoms in total. The molecule has 5 rings (SSSR count). The Morgan fingerprint density at radius 1 is 0.921 bits per heavy atom. The van der Waals surface area contributed by atoms with Crippen molar-refractivity contribution in [3.63, 3.8) is 0 Å². The van der Waals surface area contributed by atoms with Crippen molar-refractivity contribution < 1.29 is 17.6 Å². The summed E-state index contributed by atoms with van der Waals surface area (Å²) >= 11 is 0. The number of nitrogens with one attached hydrogen (secondary N) is 1. The van der Waals surface area contributed by atoms with Gasteiger partial charge in [0.2, 0.25) is 5.82 Å². The smallest absolute Gasteiger partial charge is 0.363 e. The summed E-state index contributed by atoms with van der Waals surface area (Å²) in [5.41, 5.74) is 6.28. The zero-order valence-corrected chi connectivity index (χ0v) is 21.0. The number of hydrogen-bond acceptors (Lipinski definition) is 6. The molecule has 0 saturated heterocycles. The Balaban J connectivity index is 1.65. The lowest BCUT2D eigenvalue weighted by Crippen LogP contribution is -2.14. The highest BCUT2D eigenvalue weighted by molar-refractivity contribution is 6.03. The number of hydrogen-bond donors (Lipinski definition) is 1. The van der Waals surface area contributed by atoms with Crippen LogP contribution in [0.25, 0.3) is 33.2 Å². The molecule has 1 N–H and O–H groups in total. The van der Waals surface area contributed by atoms with Gasteiger partial charge in [0, 0.05) is 47.2 Å². The molecule has 0 fully saturated rings. The van der Waals surface area contributed by atoms with E-state index < -0.39 is 18.0 Å². The van der Waals surface area contributed by atoms with E-state index in [9.17, 15) is 17.6 Å². The second-order valence-electron chi connectivity index (χ2n) is 9.02. The fourth-order valence-corrected chi connectivity index (χ4v) is 4.44. The zero-order chi connectivity index (χ0) is 27.2. The Morgan fingerprint density at radius 2 is 1.61 bits per heavy atom. The molecule has 0 saturated carbocycles. The molecule has 194 valence electrons. The molecule has 1 atom stereocenters. The van der Waals surface area contributed by atoms with Gasteiger partial charge in [0.25, 0.3) is 0 Å². The number of benzene rings is 2. The van der Waals surface area contributed by atoms with Crippen molar-refractivity contribution in [3.05, 3.63) is 83.7 Å². The minimum atomic E-state index is -4.62. The minimum absolute atomic E-state index is 0.341. The maximum Gasteiger partial charge on any atom is 0.451 e. The van der Waals surface area contributed by atoms with Gasteiger partial charge in [-0.3, -0.25) is 4.68 Å². The summed E-state index contributed by atoms with van der Waals surface area (Å²) in [7, 11) is 1.87. The average Bonchev–Trinajstić information content (AvgIpc) is 3.14. The molecule has 0 aliphatic heterocycles. The van der Waals surface area contributed by atoms with Crippen molar-refractivity contribution in [2.75, 3.05) is 5.32 Å². The fourth-order valence-electron chi connectivity index (χ4n) is 4.44. The largest absolute Gasteiger partial charge is 0.451 e. The second kappa shape index (κ2) is 9.47. The first-order valence-corrected chi connectivity index (χ1v) is 11.7. The van der Waals surface area contributed by atoms with Gasteiger partial charge in [-0.15, -0.1) is 0 Å². The number of nitrogens with zero attached hydrogens (tertiary/aromatic N) is 6. The van der Waals surface area contributed by atoms with E-state index in [1.165, 1.54) is 18.5 Å². The van der Waals surface area contributed by atoms with Crippen molar-refractivity contribution in [1.82, 2.24) is 29.7 Å². The van der Waals surface area contributed by atoms with E-state index >= 15 is 0 Å². The molecule has 3 heterocycles. The van der Waals surface area contributed by atoms with Crippen LogP contribution in [0.5, 0.6) is 0 Å². The quantitative estimate of drug-likeness (QED) is 0.268. The van der Waals surface area contributed by atoms with Crippen molar-refractivity contribution >= 4 is 16.7 Å². The predicted octanol–water partition coefficient (Wildman–Crippen LogP) is 6.44. The predicted molar refractivity (Wildman–Crippen MR) is 136 cm³/mol. The lowest BCUT2D eigenvalue weighted by molar-refractivity contribution is -0.145. The van der Waals surface area contributed by atoms with E-state index in [2.05, 4.69) is 30.4 Å². The summed E-state index contributed by atoms with van der Waals surface area (Å²) < 4.78 is 54.1. The van der Waals surface area contributed by atoms with Gasteiger partial charge in [0.05, 0.1) is 17.3 Å². The van der Waals surface area contributed by atoms with Gasteiger partial charge in [-0.1, -0.05) is 12.1 Å². The molecule has 2 aromatic carbocycles. The van der Waals surface area contributed by atoms with Gasteiger partial charge in [-0.25, -0.2) is 24.3 Å². The summed E-state index contributed by atoms with van der Waals surface area (Å²) in [6, 6.07) is 9.63. The van der Waals surface area contributed by atoms with Crippen LogP contribution in [0.3, 0.4) is 0 Å². The van der Waals surface area contributed by atoms with Crippen LogP contribution in [0.1, 0.15) is 35.7 Å². The lowest BCUT2D eigenvalue weighted by Gasteiger charge is -2.18. The summed E-state index contributed by atoms with van der Waals surface area (Å²) in [6.45, 7) is 5.67. The number of rotatable bonds is 5. The van der Waals surface area contributed by atoms with E-state index in [1.807, 2.05) is 33.0 Å². The number of fused-ring (bicyclic) bond motifs is 1. The number of aromatic nitrogens is 6. The highest BCUT2D eigenvalue weighted by Gasteiger charge is 2.34. The standard InChI is InChI=1S/C27H23F4N7/c1-14(19-11-32-26(33-12-19)27(29,30)31)36-25-22-10-18(17-5-7-20(28)8-6-17)9-21(24(22)34-13-35-25)23-15(2)37-38(4)16(23)3/h5-14H,1-4H3,(H,34,35,36)/t14-/m1/s1. The van der Waals surface area contributed by atoms with Crippen LogP contribution in [0, 0.1) is 19.7 Å². The van der Waals surface area contributed by atoms with E-state index in [1.54, 1.807) is 23.7 Å². The van der Waals surface area contributed by atoms with Gasteiger partial charge >= 0.3 is 6.18 Å². The van der Waals surface area contributed by atoms with E-state index in [4.69, 9.17) is 0 Å². The normalized spacial score (nSPS) is 12.6. The summed E-state index contributed by atoms with van der Waals surface area (Å²) in [5.74, 6) is -1.06. The van der Waals surface area contributed by atoms with Crippen LogP contribution in [-0.4, -0.2) is 29.7 Å². The molecule has 0 unspecified atom stereocenters. The van der Waals surface area contributed by atoms with Crippen LogP contribution < -0.4 is 5.32 Å². The maximum absolute atomic E-state index is 13.7. The first-order chi connectivity index (χ1) is 18.0. The van der Waals surface area contributed by atoms with Gasteiger partial charge in [0.15, 0.2) is 0 Å². The monoisotopic (exact) mass is 521 g/mol. The molecular weight excluding hydrogens is 498 g/mol. The number of halogens is 4. The molecule has 0 bridgehead atoms. The van der Waals surface area contributed by atoms with Crippen LogP contribution in [0.4, 0.5) is 23.4 Å². The molecule has 0 radical (unpaired) electrons. The number of anilines is 1. The Kier molecular flexibility index (Phi) is 6.29. The molecule has 5 aromatic rings. The average molecular weight is 522 g/mol. The Bertz CT molecular complexity index is 1630. The van der Waals surface area contributed by atoms with Gasteiger partial charge in [-0.2, -0.15) is 18.3 Å². The first kappa shape index (κ1) is 25.2. The summed E-state index contributed by atoms with van der Waals surface area (Å²) in [6.07, 6.45) is -0.889. The lowest BCUT2D eigenvalue weighted by atomic mass is 9.94. The minimum Gasteiger partial charge on any atom is -0.363 e. The number of aryl methyl sites for hydroxylation is 2. The molecule has 0 spiro atoms. The Labute approximate surface area is 215 Å². The summed E-state index contributed by atoms with van der Waals surface area (Å²) in [5, 5.41) is 8.51. The third kappa shape index (κ3) is 4.67.